The van der Waals surface area contributed by atoms with Crippen molar-refractivity contribution in [2.75, 3.05) is 21.1 Å². The van der Waals surface area contributed by atoms with Crippen molar-refractivity contribution >= 4 is 53.1 Å². The molecule has 8 heteroatoms. The second-order valence-electron chi connectivity index (χ2n) is 6.12. The second-order valence-corrected chi connectivity index (χ2v) is 6.88. The summed E-state index contributed by atoms with van der Waals surface area (Å²) in [6, 6.07) is 10.3. The molecule has 144 valence electrons. The summed E-state index contributed by atoms with van der Waals surface area (Å²) in [5.41, 5.74) is 3.55. The molecule has 0 aliphatic rings. The van der Waals surface area contributed by atoms with Crippen molar-refractivity contribution in [3.8, 4) is 0 Å². The Morgan fingerprint density at radius 1 is 1.12 bits per heavy atom. The Bertz CT molecular complexity index is 743. The quantitative estimate of drug-likeness (QED) is 0.353. The minimum absolute atomic E-state index is 0. The lowest BCUT2D eigenvalue weighted by molar-refractivity contribution is 0.400. The third-order valence-electron chi connectivity index (χ3n) is 3.93. The molecule has 0 saturated carbocycles. The van der Waals surface area contributed by atoms with E-state index < -0.39 is 0 Å². The van der Waals surface area contributed by atoms with Gasteiger partial charge in [0.2, 0.25) is 0 Å². The zero-order valence-electron chi connectivity index (χ0n) is 15.5. The van der Waals surface area contributed by atoms with Gasteiger partial charge in [0.25, 0.3) is 0 Å². The number of benzene rings is 1. The van der Waals surface area contributed by atoms with Crippen LogP contribution in [0.2, 0.25) is 10.2 Å². The molecule has 0 fully saturated rings. The molecule has 1 aromatic heterocycles. The fraction of sp³-hybridized carbons (Fsp3) is 0.389. The van der Waals surface area contributed by atoms with E-state index in [1.54, 1.807) is 7.05 Å². The lowest BCUT2D eigenvalue weighted by atomic mass is 10.1. The van der Waals surface area contributed by atoms with Crippen LogP contribution in [-0.4, -0.2) is 36.6 Å². The van der Waals surface area contributed by atoms with Gasteiger partial charge in [-0.15, -0.1) is 24.0 Å². The highest BCUT2D eigenvalue weighted by Gasteiger charge is 2.09. The van der Waals surface area contributed by atoms with Crippen molar-refractivity contribution in [1.82, 2.24) is 20.1 Å². The van der Waals surface area contributed by atoms with Crippen LogP contribution in [0.15, 0.2) is 35.3 Å². The second kappa shape index (κ2) is 11.0. The Morgan fingerprint density at radius 3 is 2.27 bits per heavy atom. The first-order chi connectivity index (χ1) is 11.9. The molecule has 2 rings (SSSR count). The van der Waals surface area contributed by atoms with Crippen LogP contribution in [-0.2, 0) is 26.7 Å². The first kappa shape index (κ1) is 23.1. The maximum absolute atomic E-state index is 6.10. The van der Waals surface area contributed by atoms with Crippen LogP contribution in [0.25, 0.3) is 0 Å². The van der Waals surface area contributed by atoms with Crippen molar-refractivity contribution < 1.29 is 0 Å². The maximum Gasteiger partial charge on any atom is 0.191 e. The number of guanidine groups is 1. The van der Waals surface area contributed by atoms with E-state index in [9.17, 15) is 0 Å². The molecule has 0 atom stereocenters. The molecule has 5 nitrogen and oxygen atoms in total. The summed E-state index contributed by atoms with van der Waals surface area (Å²) >= 11 is 12.2. The molecule has 1 aromatic carbocycles. The molecule has 2 aromatic rings. The fourth-order valence-electron chi connectivity index (χ4n) is 2.56. The van der Waals surface area contributed by atoms with Gasteiger partial charge in [0, 0.05) is 32.9 Å². The summed E-state index contributed by atoms with van der Waals surface area (Å²) in [5, 5.41) is 7.74. The summed E-state index contributed by atoms with van der Waals surface area (Å²) in [6.07, 6.45) is 0. The van der Waals surface area contributed by atoms with Crippen LogP contribution in [0.1, 0.15) is 16.8 Å². The molecule has 2 N–H and O–H groups in total. The van der Waals surface area contributed by atoms with Gasteiger partial charge in [-0.1, -0.05) is 47.5 Å². The van der Waals surface area contributed by atoms with Crippen molar-refractivity contribution in [1.29, 1.82) is 0 Å². The molecule has 0 aliphatic heterocycles. The van der Waals surface area contributed by atoms with Crippen LogP contribution in [0, 0.1) is 0 Å². The number of hydrogen-bond donors (Lipinski definition) is 2. The number of aliphatic imine (C=N–C) groups is 1. The fourth-order valence-corrected chi connectivity index (χ4v) is 2.97. The number of hydrogen-bond acceptors (Lipinski definition) is 2. The highest BCUT2D eigenvalue weighted by molar-refractivity contribution is 14.0. The van der Waals surface area contributed by atoms with E-state index in [-0.39, 0.29) is 24.0 Å². The van der Waals surface area contributed by atoms with Crippen LogP contribution in [0.5, 0.6) is 0 Å². The topological polar surface area (TPSA) is 44.6 Å². The molecule has 0 bridgehead atoms. The average Bonchev–Trinajstić information content (AvgIpc) is 2.83. The van der Waals surface area contributed by atoms with E-state index >= 15 is 0 Å². The number of nitrogens with one attached hydrogen (secondary N) is 2. The van der Waals surface area contributed by atoms with E-state index in [1.807, 2.05) is 17.7 Å². The molecule has 0 saturated heterocycles. The zero-order valence-corrected chi connectivity index (χ0v) is 19.4. The maximum atomic E-state index is 6.10. The number of nitrogens with zero attached hydrogens (tertiary/aromatic N) is 3. The summed E-state index contributed by atoms with van der Waals surface area (Å²) < 4.78 is 1.86. The van der Waals surface area contributed by atoms with Crippen LogP contribution >= 0.6 is 47.2 Å². The molecule has 0 unspecified atom stereocenters. The van der Waals surface area contributed by atoms with Crippen molar-refractivity contribution in [3.63, 3.8) is 0 Å². The Hall–Kier alpha value is -0.960. The third-order valence-corrected chi connectivity index (χ3v) is 4.77. The van der Waals surface area contributed by atoms with Gasteiger partial charge in [0.15, 0.2) is 5.96 Å². The molecular weight excluding hydrogens is 484 g/mol. The van der Waals surface area contributed by atoms with Gasteiger partial charge in [0.05, 0.1) is 11.6 Å². The minimum Gasteiger partial charge on any atom is -0.352 e. The Morgan fingerprint density at radius 2 is 1.73 bits per heavy atom. The Balaban J connectivity index is 0.00000338. The lowest BCUT2D eigenvalue weighted by Gasteiger charge is -2.16. The summed E-state index contributed by atoms with van der Waals surface area (Å²) in [5.74, 6) is 0.730. The zero-order chi connectivity index (χ0) is 18.4. The summed E-state index contributed by atoms with van der Waals surface area (Å²) in [6.45, 7) is 2.20. The number of rotatable bonds is 6. The predicted octanol–water partition coefficient (Wildman–Crippen LogP) is 3.88. The number of halogens is 3. The van der Waals surface area contributed by atoms with Gasteiger partial charge in [-0.3, -0.25) is 4.99 Å². The molecule has 0 aliphatic carbocycles. The van der Waals surface area contributed by atoms with Gasteiger partial charge in [-0.25, -0.2) is 0 Å². The van der Waals surface area contributed by atoms with Gasteiger partial charge in [-0.05, 0) is 31.3 Å². The molecule has 26 heavy (non-hydrogen) atoms. The molecule has 1 heterocycles. The van der Waals surface area contributed by atoms with Gasteiger partial charge in [-0.2, -0.15) is 0 Å². The van der Waals surface area contributed by atoms with E-state index in [2.05, 4.69) is 58.9 Å². The van der Waals surface area contributed by atoms with Crippen LogP contribution in [0.4, 0.5) is 0 Å². The SMILES string of the molecule is CN=C(NCc1ccccc1CN(C)C)NCc1cc(Cl)c(Cl)n1C.I. The largest absolute Gasteiger partial charge is 0.352 e. The van der Waals surface area contributed by atoms with Crippen LogP contribution < -0.4 is 10.6 Å². The van der Waals surface area contributed by atoms with Crippen molar-refractivity contribution in [3.05, 3.63) is 57.3 Å². The first-order valence-corrected chi connectivity index (χ1v) is 8.83. The summed E-state index contributed by atoms with van der Waals surface area (Å²) in [4.78, 5) is 6.44. The molecular formula is C18H26Cl2IN5. The molecule has 0 amide bonds. The van der Waals surface area contributed by atoms with Gasteiger partial charge in [0.1, 0.15) is 5.15 Å². The van der Waals surface area contributed by atoms with E-state index in [4.69, 9.17) is 23.2 Å². The number of aromatic nitrogens is 1. The summed E-state index contributed by atoms with van der Waals surface area (Å²) in [7, 11) is 7.78. The van der Waals surface area contributed by atoms with Crippen molar-refractivity contribution in [2.45, 2.75) is 19.6 Å². The van der Waals surface area contributed by atoms with Gasteiger partial charge >= 0.3 is 0 Å². The van der Waals surface area contributed by atoms with E-state index in [1.165, 1.54) is 11.1 Å². The predicted molar refractivity (Wildman–Crippen MR) is 122 cm³/mol. The Kier molecular flexibility index (Phi) is 9.78. The standard InChI is InChI=1S/C18H25Cl2N5.HI/c1-21-18(23-11-15-9-16(19)17(20)25(15)4)22-10-13-7-5-6-8-14(13)12-24(2)3;/h5-9H,10-12H2,1-4H3,(H2,21,22,23);1H. The molecule has 0 spiro atoms. The third kappa shape index (κ3) is 6.33. The normalized spacial score (nSPS) is 11.4. The molecule has 0 radical (unpaired) electrons. The van der Waals surface area contributed by atoms with Gasteiger partial charge < -0.3 is 20.1 Å². The Labute approximate surface area is 182 Å². The first-order valence-electron chi connectivity index (χ1n) is 8.08. The van der Waals surface area contributed by atoms with E-state index in [0.29, 0.717) is 23.3 Å². The lowest BCUT2D eigenvalue weighted by Crippen LogP contribution is -2.37. The van der Waals surface area contributed by atoms with Crippen molar-refractivity contribution in [2.24, 2.45) is 12.0 Å². The smallest absolute Gasteiger partial charge is 0.191 e. The van der Waals surface area contributed by atoms with E-state index in [0.717, 1.165) is 18.2 Å². The monoisotopic (exact) mass is 509 g/mol. The highest BCUT2D eigenvalue weighted by atomic mass is 127. The minimum atomic E-state index is 0. The highest BCUT2D eigenvalue weighted by Crippen LogP contribution is 2.24. The van der Waals surface area contributed by atoms with Crippen LogP contribution in [0.3, 0.4) is 0 Å². The average molecular weight is 510 g/mol.